The van der Waals surface area contributed by atoms with Gasteiger partial charge in [0.25, 0.3) is 0 Å². The molecule has 0 saturated carbocycles. The van der Waals surface area contributed by atoms with Gasteiger partial charge in [-0.1, -0.05) is 232 Å². The average molecular weight is 806 g/mol. The zero-order chi connectivity index (χ0) is 41.7. The highest BCUT2D eigenvalue weighted by Crippen LogP contribution is 2.18. The predicted octanol–water partition coefficient (Wildman–Crippen LogP) is 15.0. The molecule has 0 spiro atoms. The Balaban J connectivity index is 4.35. The fraction of sp³-hybridized carbons (Fsp3) is 0.922. The molecule has 0 aliphatic heterocycles. The number of hydrogen-bond donors (Lipinski definition) is 3. The molecule has 0 aromatic rings. The Hall–Kier alpha value is -1.40. The van der Waals surface area contributed by atoms with E-state index < -0.39 is 18.2 Å². The third kappa shape index (κ3) is 41.1. The Bertz CT molecular complexity index is 863. The maximum atomic E-state index is 13.1. The van der Waals surface area contributed by atoms with Gasteiger partial charge in [-0.15, -0.1) is 0 Å². The van der Waals surface area contributed by atoms with Crippen molar-refractivity contribution < 1.29 is 24.5 Å². The number of unbranched alkanes of at least 4 members (excludes halogenated alkanes) is 32. The van der Waals surface area contributed by atoms with Crippen LogP contribution < -0.4 is 5.32 Å². The van der Waals surface area contributed by atoms with Crippen molar-refractivity contribution in [3.63, 3.8) is 0 Å². The van der Waals surface area contributed by atoms with Gasteiger partial charge in [-0.25, -0.2) is 0 Å². The molecule has 338 valence electrons. The van der Waals surface area contributed by atoms with Crippen molar-refractivity contribution in [2.45, 2.75) is 296 Å². The van der Waals surface area contributed by atoms with E-state index in [1.165, 1.54) is 167 Å². The number of ether oxygens (including phenoxy) is 1. The molecule has 3 atom stereocenters. The maximum absolute atomic E-state index is 13.1. The van der Waals surface area contributed by atoms with Crippen LogP contribution in [0.2, 0.25) is 0 Å². The summed E-state index contributed by atoms with van der Waals surface area (Å²) in [6.45, 7) is 6.43. The largest absolute Gasteiger partial charge is 0.462 e. The number of aliphatic hydroxyl groups is 2. The molecule has 6 nitrogen and oxygen atoms in total. The van der Waals surface area contributed by atoms with Crippen molar-refractivity contribution in [3.8, 4) is 0 Å². The molecule has 0 radical (unpaired) electrons. The number of hydrogen-bond acceptors (Lipinski definition) is 5. The van der Waals surface area contributed by atoms with E-state index in [0.29, 0.717) is 19.3 Å². The first-order valence-corrected chi connectivity index (χ1v) is 25.4. The van der Waals surface area contributed by atoms with Crippen molar-refractivity contribution in [3.05, 3.63) is 12.2 Å². The van der Waals surface area contributed by atoms with Gasteiger partial charge in [0.2, 0.25) is 5.91 Å². The fourth-order valence-corrected chi connectivity index (χ4v) is 7.96. The van der Waals surface area contributed by atoms with Crippen LogP contribution in [0.25, 0.3) is 0 Å². The van der Waals surface area contributed by atoms with Crippen LogP contribution in [0.5, 0.6) is 0 Å². The summed E-state index contributed by atoms with van der Waals surface area (Å²) in [4.78, 5) is 26.0. The number of esters is 1. The summed E-state index contributed by atoms with van der Waals surface area (Å²) in [7, 11) is 0. The van der Waals surface area contributed by atoms with Gasteiger partial charge in [-0.2, -0.15) is 0 Å². The van der Waals surface area contributed by atoms with Crippen LogP contribution in [0, 0.1) is 0 Å². The van der Waals surface area contributed by atoms with E-state index in [1.54, 1.807) is 0 Å². The van der Waals surface area contributed by atoms with Gasteiger partial charge >= 0.3 is 5.97 Å². The Morgan fingerprint density at radius 1 is 0.491 bits per heavy atom. The van der Waals surface area contributed by atoms with Crippen LogP contribution in [-0.2, 0) is 14.3 Å². The van der Waals surface area contributed by atoms with Gasteiger partial charge in [-0.05, 0) is 44.9 Å². The monoisotopic (exact) mass is 806 g/mol. The first-order chi connectivity index (χ1) is 28.0. The summed E-state index contributed by atoms with van der Waals surface area (Å²) in [5, 5.41) is 23.7. The SMILES string of the molecule is CCC/C=C\CCCCCC(CC(=O)NC(CO)C(O)CCCCCCCCCCCCCC)OC(=O)CCCCCCCCCCCCCCCCCCCC. The molecule has 0 heterocycles. The zero-order valence-corrected chi connectivity index (χ0v) is 38.5. The van der Waals surface area contributed by atoms with Gasteiger partial charge in [-0.3, -0.25) is 9.59 Å². The minimum Gasteiger partial charge on any atom is -0.462 e. The summed E-state index contributed by atoms with van der Waals surface area (Å²) in [5.74, 6) is -0.478. The normalized spacial score (nSPS) is 13.3. The summed E-state index contributed by atoms with van der Waals surface area (Å²) in [6, 6.07) is -0.698. The first-order valence-electron chi connectivity index (χ1n) is 25.4. The zero-order valence-electron chi connectivity index (χ0n) is 38.5. The molecule has 0 saturated heterocycles. The van der Waals surface area contributed by atoms with E-state index >= 15 is 0 Å². The van der Waals surface area contributed by atoms with Crippen LogP contribution in [0.1, 0.15) is 278 Å². The molecule has 0 aliphatic rings. The fourth-order valence-electron chi connectivity index (χ4n) is 7.96. The lowest BCUT2D eigenvalue weighted by Crippen LogP contribution is -2.46. The topological polar surface area (TPSA) is 95.9 Å². The maximum Gasteiger partial charge on any atom is 0.306 e. The molecule has 3 unspecified atom stereocenters. The molecule has 0 aromatic carbocycles. The number of aliphatic hydroxyl groups excluding tert-OH is 2. The molecule has 0 bridgehead atoms. The molecule has 3 N–H and O–H groups in total. The predicted molar refractivity (Wildman–Crippen MR) is 246 cm³/mol. The van der Waals surface area contributed by atoms with Crippen LogP contribution in [0.4, 0.5) is 0 Å². The Kier molecular flexibility index (Phi) is 44.6. The van der Waals surface area contributed by atoms with Gasteiger partial charge in [0.15, 0.2) is 0 Å². The van der Waals surface area contributed by atoms with Crippen LogP contribution in [0.3, 0.4) is 0 Å². The lowest BCUT2D eigenvalue weighted by Gasteiger charge is -2.24. The smallest absolute Gasteiger partial charge is 0.306 e. The molecular formula is C51H99NO5. The third-order valence-corrected chi connectivity index (χ3v) is 11.8. The lowest BCUT2D eigenvalue weighted by molar-refractivity contribution is -0.151. The van der Waals surface area contributed by atoms with Crippen LogP contribution in [-0.4, -0.2) is 46.9 Å². The van der Waals surface area contributed by atoms with E-state index in [2.05, 4.69) is 38.2 Å². The standard InChI is InChI=1S/C51H99NO5/c1-4-7-10-13-16-19-21-23-24-25-26-27-28-30-32-35-38-41-44-51(56)57-47(42-39-36-33-18-15-12-9-6-3)45-50(55)52-48(46-53)49(54)43-40-37-34-31-29-22-20-17-14-11-8-5-2/h12,15,47-49,53-54H,4-11,13-14,16-46H2,1-3H3,(H,52,55)/b15-12-. The van der Waals surface area contributed by atoms with Gasteiger partial charge < -0.3 is 20.3 Å². The van der Waals surface area contributed by atoms with Crippen molar-refractivity contribution in [1.82, 2.24) is 5.32 Å². The highest BCUT2D eigenvalue weighted by molar-refractivity contribution is 5.77. The van der Waals surface area contributed by atoms with E-state index in [4.69, 9.17) is 4.74 Å². The Labute approximate surface area is 355 Å². The average Bonchev–Trinajstić information content (AvgIpc) is 3.20. The van der Waals surface area contributed by atoms with Crippen molar-refractivity contribution in [2.24, 2.45) is 0 Å². The summed E-state index contributed by atoms with van der Waals surface area (Å²) in [6.07, 6.45) is 50.0. The van der Waals surface area contributed by atoms with Crippen LogP contribution >= 0.6 is 0 Å². The summed E-state index contributed by atoms with van der Waals surface area (Å²) in [5.41, 5.74) is 0. The quantitative estimate of drug-likeness (QED) is 0.0323. The molecule has 0 aromatic heterocycles. The minimum atomic E-state index is -0.784. The van der Waals surface area contributed by atoms with Gasteiger partial charge in [0, 0.05) is 6.42 Å². The molecule has 1 amide bonds. The molecule has 0 aliphatic carbocycles. The number of amides is 1. The second-order valence-corrected chi connectivity index (χ2v) is 17.6. The summed E-state index contributed by atoms with van der Waals surface area (Å²) < 4.78 is 5.90. The highest BCUT2D eigenvalue weighted by Gasteiger charge is 2.24. The molecule has 0 fully saturated rings. The summed E-state index contributed by atoms with van der Waals surface area (Å²) >= 11 is 0. The van der Waals surface area contributed by atoms with Crippen molar-refractivity contribution in [2.75, 3.05) is 6.61 Å². The lowest BCUT2D eigenvalue weighted by atomic mass is 10.0. The third-order valence-electron chi connectivity index (χ3n) is 11.8. The van der Waals surface area contributed by atoms with E-state index in [9.17, 15) is 19.8 Å². The molecule has 6 heteroatoms. The van der Waals surface area contributed by atoms with E-state index in [1.807, 2.05) is 0 Å². The number of nitrogens with one attached hydrogen (secondary N) is 1. The van der Waals surface area contributed by atoms with E-state index in [-0.39, 0.29) is 24.9 Å². The first kappa shape index (κ1) is 55.6. The van der Waals surface area contributed by atoms with Gasteiger partial charge in [0.05, 0.1) is 25.2 Å². The number of allylic oxidation sites excluding steroid dienone is 2. The second kappa shape index (κ2) is 45.7. The van der Waals surface area contributed by atoms with Crippen molar-refractivity contribution >= 4 is 11.9 Å². The Morgan fingerprint density at radius 2 is 0.877 bits per heavy atom. The minimum absolute atomic E-state index is 0.0725. The van der Waals surface area contributed by atoms with Crippen LogP contribution in [0.15, 0.2) is 12.2 Å². The number of rotatable bonds is 46. The molecule has 57 heavy (non-hydrogen) atoms. The molecular weight excluding hydrogens is 707 g/mol. The van der Waals surface area contributed by atoms with Crippen molar-refractivity contribution in [1.29, 1.82) is 0 Å². The number of carbonyl (C=O) groups excluding carboxylic acids is 2. The van der Waals surface area contributed by atoms with E-state index in [0.717, 1.165) is 64.2 Å². The Morgan fingerprint density at radius 3 is 1.32 bits per heavy atom. The second-order valence-electron chi connectivity index (χ2n) is 17.6. The highest BCUT2D eigenvalue weighted by atomic mass is 16.5. The molecule has 0 rings (SSSR count). The van der Waals surface area contributed by atoms with Gasteiger partial charge in [0.1, 0.15) is 6.10 Å². The number of carbonyl (C=O) groups is 2.